The van der Waals surface area contributed by atoms with Gasteiger partial charge in [0.2, 0.25) is 0 Å². The number of phosphoric acid groups is 2. The Kier molecular flexibility index (Phi) is 56.6. The molecule has 4 unspecified atom stereocenters. The fourth-order valence-corrected chi connectivity index (χ4v) is 11.7. The summed E-state index contributed by atoms with van der Waals surface area (Å²) >= 11 is 0. The molecule has 3 N–H and O–H groups in total. The standard InChI is InChI=1S/C68H132O17P2/c1-9-60(7)46-38-30-21-16-18-23-32-40-48-65(70)78-54-63(85-68(73)51-43-35-25-19-17-22-31-39-47-61(8)10-2)56-82-86(74,75)80-52-62(69)53-81-87(76,77)83-57-64(55-79-66(71)49-41-33-27-26-29-37-45-59(5)6)84-67(72)50-42-34-24-15-13-11-12-14-20-28-36-44-58(3)4/h58-64,69H,9-57H2,1-8H3,(H,74,75)(H,76,77)/t60?,61?,62-,63-,64-/m1/s1. The molecule has 19 heteroatoms. The van der Waals surface area contributed by atoms with E-state index in [1.165, 1.54) is 128 Å². The first-order chi connectivity index (χ1) is 41.7. The molecule has 0 aromatic carbocycles. The molecule has 0 aliphatic rings. The van der Waals surface area contributed by atoms with Crippen molar-refractivity contribution in [1.82, 2.24) is 0 Å². The van der Waals surface area contributed by atoms with Gasteiger partial charge < -0.3 is 33.8 Å². The lowest BCUT2D eigenvalue weighted by Crippen LogP contribution is -2.30. The normalized spacial score (nSPS) is 15.0. The summed E-state index contributed by atoms with van der Waals surface area (Å²) in [5.74, 6) is 0.857. The average Bonchev–Trinajstić information content (AvgIpc) is 3.58. The quantitative estimate of drug-likeness (QED) is 0.0222. The largest absolute Gasteiger partial charge is 0.472 e. The zero-order chi connectivity index (χ0) is 64.7. The van der Waals surface area contributed by atoms with Gasteiger partial charge in [0.15, 0.2) is 12.2 Å². The zero-order valence-corrected chi connectivity index (χ0v) is 58.4. The highest BCUT2D eigenvalue weighted by molar-refractivity contribution is 7.47. The molecule has 516 valence electrons. The molecule has 87 heavy (non-hydrogen) atoms. The summed E-state index contributed by atoms with van der Waals surface area (Å²) < 4.78 is 68.2. The summed E-state index contributed by atoms with van der Waals surface area (Å²) in [6.07, 6.45) is 38.9. The van der Waals surface area contributed by atoms with Crippen molar-refractivity contribution in [3.05, 3.63) is 0 Å². The van der Waals surface area contributed by atoms with Gasteiger partial charge in [0.1, 0.15) is 19.3 Å². The Morgan fingerprint density at radius 2 is 0.552 bits per heavy atom. The molecule has 0 spiro atoms. The summed E-state index contributed by atoms with van der Waals surface area (Å²) in [5, 5.41) is 10.6. The van der Waals surface area contributed by atoms with Crippen LogP contribution in [0.25, 0.3) is 0 Å². The van der Waals surface area contributed by atoms with E-state index >= 15 is 0 Å². The number of aliphatic hydroxyl groups is 1. The first kappa shape index (κ1) is 85.1. The summed E-state index contributed by atoms with van der Waals surface area (Å²) in [4.78, 5) is 72.4. The molecule has 0 amide bonds. The van der Waals surface area contributed by atoms with Crippen molar-refractivity contribution in [1.29, 1.82) is 0 Å². The van der Waals surface area contributed by atoms with Gasteiger partial charge in [-0.2, -0.15) is 0 Å². The molecule has 0 saturated heterocycles. The third-order valence-electron chi connectivity index (χ3n) is 16.3. The number of hydrogen-bond donors (Lipinski definition) is 3. The van der Waals surface area contributed by atoms with Crippen LogP contribution in [0.1, 0.15) is 331 Å². The Bertz CT molecular complexity index is 1730. The minimum atomic E-state index is -4.95. The van der Waals surface area contributed by atoms with E-state index < -0.39 is 97.5 Å². The average molecular weight is 1280 g/mol. The van der Waals surface area contributed by atoms with E-state index in [9.17, 15) is 43.2 Å². The molecular weight excluding hydrogens is 1150 g/mol. The molecule has 0 aliphatic heterocycles. The molecule has 7 atom stereocenters. The number of carbonyl (C=O) groups excluding carboxylic acids is 4. The number of ether oxygens (including phenoxy) is 4. The number of rotatable bonds is 65. The zero-order valence-electron chi connectivity index (χ0n) is 56.6. The third-order valence-corrected chi connectivity index (χ3v) is 18.2. The predicted molar refractivity (Wildman–Crippen MR) is 349 cm³/mol. The first-order valence-corrected chi connectivity index (χ1v) is 38.3. The molecule has 0 aromatic heterocycles. The van der Waals surface area contributed by atoms with Crippen molar-refractivity contribution in [2.24, 2.45) is 23.7 Å². The van der Waals surface area contributed by atoms with Gasteiger partial charge in [0, 0.05) is 25.7 Å². The van der Waals surface area contributed by atoms with E-state index in [0.717, 1.165) is 114 Å². The SMILES string of the molecule is CCC(C)CCCCCCCCCCC(=O)OC[C@H](COP(=O)(O)OC[C@@H](O)COP(=O)(O)OC[C@@H](COC(=O)CCCCCCCCC(C)C)OC(=O)CCCCCCCCCCCCCC(C)C)OC(=O)CCCCCCCCCCC(C)CC. The second-order valence-corrected chi connectivity index (χ2v) is 28.9. The number of hydrogen-bond acceptors (Lipinski definition) is 15. The second kappa shape index (κ2) is 57.9. The molecule has 0 heterocycles. The number of esters is 4. The van der Waals surface area contributed by atoms with E-state index in [1.807, 2.05) is 0 Å². The van der Waals surface area contributed by atoms with Crippen LogP contribution in [0.3, 0.4) is 0 Å². The van der Waals surface area contributed by atoms with Gasteiger partial charge in [-0.1, -0.05) is 280 Å². The molecule has 0 fully saturated rings. The van der Waals surface area contributed by atoms with Crippen molar-refractivity contribution in [2.45, 2.75) is 350 Å². The van der Waals surface area contributed by atoms with Crippen molar-refractivity contribution in [3.8, 4) is 0 Å². The number of unbranched alkanes of at least 4 members (excludes halogenated alkanes) is 29. The van der Waals surface area contributed by atoms with Crippen LogP contribution in [0.2, 0.25) is 0 Å². The van der Waals surface area contributed by atoms with Crippen molar-refractivity contribution in [2.75, 3.05) is 39.6 Å². The Morgan fingerprint density at radius 1 is 0.322 bits per heavy atom. The maximum atomic E-state index is 13.0. The maximum absolute atomic E-state index is 13.0. The topological polar surface area (TPSA) is 237 Å². The molecule has 0 saturated carbocycles. The molecule has 0 rings (SSSR count). The first-order valence-electron chi connectivity index (χ1n) is 35.3. The summed E-state index contributed by atoms with van der Waals surface area (Å²) in [6.45, 7) is 14.0. The highest BCUT2D eigenvalue weighted by atomic mass is 31.2. The van der Waals surface area contributed by atoms with Gasteiger partial charge in [0.25, 0.3) is 0 Å². The van der Waals surface area contributed by atoms with Crippen LogP contribution in [0, 0.1) is 23.7 Å². The minimum Gasteiger partial charge on any atom is -0.462 e. The molecule has 0 bridgehead atoms. The molecular formula is C68H132O17P2. The highest BCUT2D eigenvalue weighted by Gasteiger charge is 2.30. The van der Waals surface area contributed by atoms with Crippen LogP contribution < -0.4 is 0 Å². The second-order valence-electron chi connectivity index (χ2n) is 26.0. The van der Waals surface area contributed by atoms with Crippen molar-refractivity contribution in [3.63, 3.8) is 0 Å². The van der Waals surface area contributed by atoms with Crippen LogP contribution in [-0.4, -0.2) is 96.7 Å². The van der Waals surface area contributed by atoms with Gasteiger partial charge in [-0.15, -0.1) is 0 Å². The lowest BCUT2D eigenvalue weighted by molar-refractivity contribution is -0.161. The Hall–Kier alpha value is -1.94. The van der Waals surface area contributed by atoms with Crippen LogP contribution in [0.15, 0.2) is 0 Å². The molecule has 0 radical (unpaired) electrons. The summed E-state index contributed by atoms with van der Waals surface area (Å²) in [5.41, 5.74) is 0. The minimum absolute atomic E-state index is 0.104. The van der Waals surface area contributed by atoms with E-state index in [1.54, 1.807) is 0 Å². The summed E-state index contributed by atoms with van der Waals surface area (Å²) in [7, 11) is -9.90. The lowest BCUT2D eigenvalue weighted by atomic mass is 9.99. The van der Waals surface area contributed by atoms with E-state index in [-0.39, 0.29) is 25.7 Å². The highest BCUT2D eigenvalue weighted by Crippen LogP contribution is 2.45. The maximum Gasteiger partial charge on any atom is 0.472 e. The van der Waals surface area contributed by atoms with E-state index in [0.29, 0.717) is 31.6 Å². The van der Waals surface area contributed by atoms with E-state index in [2.05, 4.69) is 55.4 Å². The molecule has 17 nitrogen and oxygen atoms in total. The number of carbonyl (C=O) groups is 4. The van der Waals surface area contributed by atoms with Crippen molar-refractivity contribution >= 4 is 39.5 Å². The fourth-order valence-electron chi connectivity index (χ4n) is 10.1. The van der Waals surface area contributed by atoms with Gasteiger partial charge in [-0.25, -0.2) is 9.13 Å². The Balaban J connectivity index is 5.26. The van der Waals surface area contributed by atoms with Crippen LogP contribution in [0.5, 0.6) is 0 Å². The van der Waals surface area contributed by atoms with Gasteiger partial charge in [-0.3, -0.25) is 37.3 Å². The smallest absolute Gasteiger partial charge is 0.462 e. The summed E-state index contributed by atoms with van der Waals surface area (Å²) in [6, 6.07) is 0. The van der Waals surface area contributed by atoms with Gasteiger partial charge in [0.05, 0.1) is 26.4 Å². The molecule has 0 aliphatic carbocycles. The number of aliphatic hydroxyl groups excluding tert-OH is 1. The van der Waals surface area contributed by atoms with Gasteiger partial charge >= 0.3 is 39.5 Å². The van der Waals surface area contributed by atoms with Crippen molar-refractivity contribution < 1.29 is 80.2 Å². The monoisotopic (exact) mass is 1280 g/mol. The predicted octanol–water partition coefficient (Wildman–Crippen LogP) is 18.9. The van der Waals surface area contributed by atoms with Crippen LogP contribution >= 0.6 is 15.6 Å². The number of phosphoric ester groups is 2. The van der Waals surface area contributed by atoms with E-state index in [4.69, 9.17) is 37.0 Å². The van der Waals surface area contributed by atoms with Crippen LogP contribution in [0.4, 0.5) is 0 Å². The Labute approximate surface area is 530 Å². The third kappa shape index (κ3) is 60.1. The molecule has 0 aromatic rings. The van der Waals surface area contributed by atoms with Gasteiger partial charge in [-0.05, 0) is 49.4 Å². The fraction of sp³-hybridized carbons (Fsp3) is 0.941. The lowest BCUT2D eigenvalue weighted by Gasteiger charge is -2.21. The Morgan fingerprint density at radius 3 is 0.816 bits per heavy atom. The van der Waals surface area contributed by atoms with Crippen LogP contribution in [-0.2, 0) is 65.4 Å².